The zero-order chi connectivity index (χ0) is 14.6. The maximum atomic E-state index is 3.68. The van der Waals surface area contributed by atoms with Gasteiger partial charge in [-0.25, -0.2) is 0 Å². The van der Waals surface area contributed by atoms with Crippen molar-refractivity contribution in [1.82, 2.24) is 10.2 Å². The Kier molecular flexibility index (Phi) is 5.92. The van der Waals surface area contributed by atoms with Crippen LogP contribution >= 0.6 is 0 Å². The van der Waals surface area contributed by atoms with E-state index in [4.69, 9.17) is 0 Å². The summed E-state index contributed by atoms with van der Waals surface area (Å²) < 4.78 is 0. The molecule has 0 aromatic carbocycles. The first-order chi connectivity index (χ1) is 9.48. The van der Waals surface area contributed by atoms with Crippen LogP contribution in [-0.4, -0.2) is 36.1 Å². The molecule has 0 aromatic rings. The monoisotopic (exact) mass is 280 g/mol. The molecule has 1 saturated heterocycles. The number of hydrogen-bond donors (Lipinski definition) is 1. The fraction of sp³-hybridized carbons (Fsp3) is 1.00. The van der Waals surface area contributed by atoms with Gasteiger partial charge in [0.05, 0.1) is 0 Å². The molecule has 1 aliphatic heterocycles. The molecule has 1 N–H and O–H groups in total. The Bertz CT molecular complexity index is 266. The van der Waals surface area contributed by atoms with E-state index >= 15 is 0 Å². The Morgan fingerprint density at radius 3 is 2.00 bits per heavy atom. The Morgan fingerprint density at radius 1 is 0.900 bits per heavy atom. The lowest BCUT2D eigenvalue weighted by molar-refractivity contribution is 0.0919. The lowest BCUT2D eigenvalue weighted by Crippen LogP contribution is -2.46. The minimum absolute atomic E-state index is 0.273. The lowest BCUT2D eigenvalue weighted by Gasteiger charge is -2.41. The van der Waals surface area contributed by atoms with Crippen molar-refractivity contribution in [2.45, 2.75) is 84.2 Å². The van der Waals surface area contributed by atoms with Crippen LogP contribution in [0, 0.1) is 11.8 Å². The molecule has 0 bridgehead atoms. The summed E-state index contributed by atoms with van der Waals surface area (Å²) in [6.07, 6.45) is 10.1. The number of hydrogen-bond acceptors (Lipinski definition) is 2. The Hall–Kier alpha value is -0.0800. The molecule has 1 heterocycles. The number of nitrogens with zero attached hydrogens (tertiary/aromatic N) is 1. The predicted molar refractivity (Wildman–Crippen MR) is 88.1 cm³/mol. The van der Waals surface area contributed by atoms with E-state index in [1.165, 1.54) is 64.6 Å². The van der Waals surface area contributed by atoms with E-state index in [9.17, 15) is 0 Å². The smallest absolute Gasteiger partial charge is 0.00966 e. The van der Waals surface area contributed by atoms with Crippen LogP contribution in [0.2, 0.25) is 0 Å². The van der Waals surface area contributed by atoms with Crippen molar-refractivity contribution in [3.8, 4) is 0 Å². The van der Waals surface area contributed by atoms with E-state index in [2.05, 4.69) is 37.9 Å². The van der Waals surface area contributed by atoms with Crippen molar-refractivity contribution in [3.63, 3.8) is 0 Å². The van der Waals surface area contributed by atoms with Crippen LogP contribution in [0.1, 0.15) is 72.6 Å². The maximum Gasteiger partial charge on any atom is 0.00966 e. The van der Waals surface area contributed by atoms with E-state index in [-0.39, 0.29) is 5.54 Å². The van der Waals surface area contributed by atoms with Crippen LogP contribution in [-0.2, 0) is 0 Å². The van der Waals surface area contributed by atoms with Crippen LogP contribution in [0.25, 0.3) is 0 Å². The van der Waals surface area contributed by atoms with Gasteiger partial charge in [-0.2, -0.15) is 0 Å². The molecule has 1 saturated carbocycles. The molecule has 2 fully saturated rings. The van der Waals surface area contributed by atoms with Crippen molar-refractivity contribution in [1.29, 1.82) is 0 Å². The van der Waals surface area contributed by atoms with Gasteiger partial charge in [0.2, 0.25) is 0 Å². The average molecular weight is 281 g/mol. The van der Waals surface area contributed by atoms with Gasteiger partial charge in [0.25, 0.3) is 0 Å². The molecular formula is C18H36N2. The average Bonchev–Trinajstić information content (AvgIpc) is 2.45. The van der Waals surface area contributed by atoms with Crippen molar-refractivity contribution in [3.05, 3.63) is 0 Å². The maximum absolute atomic E-state index is 3.68. The molecule has 118 valence electrons. The molecule has 1 aliphatic carbocycles. The van der Waals surface area contributed by atoms with Crippen molar-refractivity contribution in [2.75, 3.05) is 19.6 Å². The molecule has 2 rings (SSSR count). The number of piperidine rings is 1. The van der Waals surface area contributed by atoms with Crippen molar-refractivity contribution in [2.24, 2.45) is 11.8 Å². The molecule has 20 heavy (non-hydrogen) atoms. The number of nitrogens with one attached hydrogen (secondary N) is 1. The van der Waals surface area contributed by atoms with E-state index in [1.807, 2.05) is 0 Å². The normalized spacial score (nSPS) is 30.6. The van der Waals surface area contributed by atoms with Crippen LogP contribution in [0.3, 0.4) is 0 Å². The highest BCUT2D eigenvalue weighted by molar-refractivity contribution is 4.84. The first kappa shape index (κ1) is 16.3. The van der Waals surface area contributed by atoms with Crippen LogP contribution in [0.5, 0.6) is 0 Å². The van der Waals surface area contributed by atoms with Gasteiger partial charge in [0, 0.05) is 11.6 Å². The summed E-state index contributed by atoms with van der Waals surface area (Å²) in [4.78, 5) is 2.81. The summed E-state index contributed by atoms with van der Waals surface area (Å²) in [6, 6.07) is 0.911. The van der Waals surface area contributed by atoms with Gasteiger partial charge in [0.15, 0.2) is 0 Å². The minimum Gasteiger partial charge on any atom is -0.312 e. The highest BCUT2D eigenvalue weighted by atomic mass is 15.2. The summed E-state index contributed by atoms with van der Waals surface area (Å²) in [5.74, 6) is 1.93. The fourth-order valence-electron chi connectivity index (χ4n) is 3.89. The zero-order valence-corrected chi connectivity index (χ0v) is 14.3. The van der Waals surface area contributed by atoms with Gasteiger partial charge in [-0.1, -0.05) is 13.3 Å². The van der Waals surface area contributed by atoms with E-state index in [1.54, 1.807) is 0 Å². The summed E-state index contributed by atoms with van der Waals surface area (Å²) in [7, 11) is 0. The minimum atomic E-state index is 0.273. The first-order valence-electron chi connectivity index (χ1n) is 8.97. The topological polar surface area (TPSA) is 15.3 Å². The van der Waals surface area contributed by atoms with Crippen LogP contribution in [0.4, 0.5) is 0 Å². The lowest BCUT2D eigenvalue weighted by atomic mass is 9.83. The third-order valence-electron chi connectivity index (χ3n) is 5.48. The van der Waals surface area contributed by atoms with Gasteiger partial charge in [0.1, 0.15) is 0 Å². The number of rotatable bonds is 4. The largest absolute Gasteiger partial charge is 0.312 e. The second kappa shape index (κ2) is 7.26. The first-order valence-corrected chi connectivity index (χ1v) is 8.97. The highest BCUT2D eigenvalue weighted by Crippen LogP contribution is 2.31. The van der Waals surface area contributed by atoms with Gasteiger partial charge < -0.3 is 10.2 Å². The third-order valence-corrected chi connectivity index (χ3v) is 5.48. The van der Waals surface area contributed by atoms with E-state index in [0.29, 0.717) is 0 Å². The van der Waals surface area contributed by atoms with Crippen LogP contribution in [0.15, 0.2) is 0 Å². The zero-order valence-electron chi connectivity index (χ0n) is 14.3. The van der Waals surface area contributed by atoms with Crippen molar-refractivity contribution < 1.29 is 0 Å². The summed E-state index contributed by atoms with van der Waals surface area (Å²) in [5, 5.41) is 3.68. The second-order valence-corrected chi connectivity index (χ2v) is 8.19. The highest BCUT2D eigenvalue weighted by Gasteiger charge is 2.28. The Morgan fingerprint density at radius 2 is 1.50 bits per heavy atom. The van der Waals surface area contributed by atoms with Gasteiger partial charge in [-0.3, -0.25) is 0 Å². The van der Waals surface area contributed by atoms with E-state index < -0.39 is 0 Å². The second-order valence-electron chi connectivity index (χ2n) is 8.19. The third kappa shape index (κ3) is 5.04. The summed E-state index contributed by atoms with van der Waals surface area (Å²) >= 11 is 0. The molecule has 2 heteroatoms. The quantitative estimate of drug-likeness (QED) is 0.835. The molecule has 0 amide bonds. The summed E-state index contributed by atoms with van der Waals surface area (Å²) in [6.45, 7) is 13.1. The number of likely N-dealkylation sites (tertiary alicyclic amines) is 1. The summed E-state index contributed by atoms with van der Waals surface area (Å²) in [5.41, 5.74) is 0.273. The van der Waals surface area contributed by atoms with Gasteiger partial charge in [-0.05, 0) is 90.8 Å². The van der Waals surface area contributed by atoms with Gasteiger partial charge >= 0.3 is 0 Å². The SMILES string of the molecule is CCC1CCC(N2CCC(CNC(C)(C)C)CC2)CC1. The molecule has 0 radical (unpaired) electrons. The fourth-order valence-corrected chi connectivity index (χ4v) is 3.89. The standard InChI is InChI=1S/C18H36N2/c1-5-15-6-8-17(9-7-15)20-12-10-16(11-13-20)14-19-18(2,3)4/h15-17,19H,5-14H2,1-4H3. The van der Waals surface area contributed by atoms with E-state index in [0.717, 1.165) is 17.9 Å². The van der Waals surface area contributed by atoms with Gasteiger partial charge in [-0.15, -0.1) is 0 Å². The molecular weight excluding hydrogens is 244 g/mol. The molecule has 0 aromatic heterocycles. The molecule has 2 nitrogen and oxygen atoms in total. The molecule has 2 aliphatic rings. The van der Waals surface area contributed by atoms with Crippen LogP contribution < -0.4 is 5.32 Å². The molecule has 0 atom stereocenters. The van der Waals surface area contributed by atoms with Crippen molar-refractivity contribution >= 4 is 0 Å². The Balaban J connectivity index is 1.67. The predicted octanol–water partition coefficient (Wildman–Crippen LogP) is 4.06. The Labute approximate surface area is 126 Å². The molecule has 0 spiro atoms. The molecule has 0 unspecified atom stereocenters.